The fourth-order valence-corrected chi connectivity index (χ4v) is 3.32. The summed E-state index contributed by atoms with van der Waals surface area (Å²) in [7, 11) is 1.73. The van der Waals surface area contributed by atoms with Crippen LogP contribution in [0.25, 0.3) is 27.4 Å². The van der Waals surface area contributed by atoms with Crippen molar-refractivity contribution >= 4 is 33.6 Å². The lowest BCUT2D eigenvalue weighted by Gasteiger charge is -2.10. The first-order valence-electron chi connectivity index (χ1n) is 9.44. The van der Waals surface area contributed by atoms with Crippen molar-refractivity contribution < 1.29 is 4.74 Å². The summed E-state index contributed by atoms with van der Waals surface area (Å²) in [4.78, 5) is 12.4. The Labute approximate surface area is 170 Å². The van der Waals surface area contributed by atoms with E-state index in [9.17, 15) is 0 Å². The van der Waals surface area contributed by atoms with Gasteiger partial charge < -0.3 is 9.72 Å². The Kier molecular flexibility index (Phi) is 5.40. The maximum absolute atomic E-state index is 6.18. The lowest BCUT2D eigenvalue weighted by molar-refractivity contribution is 0.310. The number of hydrogen-bond donors (Lipinski definition) is 1. The van der Waals surface area contributed by atoms with E-state index in [2.05, 4.69) is 40.2 Å². The second kappa shape index (κ2) is 8.45. The fourth-order valence-electron chi connectivity index (χ4n) is 3.32. The van der Waals surface area contributed by atoms with Crippen LogP contribution in [-0.4, -0.2) is 23.2 Å². The van der Waals surface area contributed by atoms with Crippen molar-refractivity contribution in [1.29, 1.82) is 0 Å². The average Bonchev–Trinajstić information content (AvgIpc) is 3.20. The minimum absolute atomic E-state index is 0.507. The Morgan fingerprint density at radius 3 is 2.66 bits per heavy atom. The molecule has 4 heteroatoms. The molecular weight excluding hydrogens is 358 g/mol. The highest BCUT2D eigenvalue weighted by Crippen LogP contribution is 2.33. The third-order valence-electron chi connectivity index (χ3n) is 4.67. The van der Waals surface area contributed by atoms with Gasteiger partial charge in [0, 0.05) is 42.1 Å². The van der Waals surface area contributed by atoms with Gasteiger partial charge in [-0.1, -0.05) is 60.7 Å². The molecule has 0 amide bonds. The van der Waals surface area contributed by atoms with E-state index in [0.29, 0.717) is 13.0 Å². The topological polar surface area (TPSA) is 50.3 Å². The Morgan fingerprint density at radius 2 is 1.90 bits per heavy atom. The predicted octanol–water partition coefficient (Wildman–Crippen LogP) is 5.40. The van der Waals surface area contributed by atoms with Crippen molar-refractivity contribution in [3.05, 3.63) is 78.1 Å². The molecule has 3 aromatic carbocycles. The molecule has 0 unspecified atom stereocenters. The smallest absolute Gasteiger partial charge is 0.139 e. The minimum atomic E-state index is 0.507. The van der Waals surface area contributed by atoms with Crippen molar-refractivity contribution in [1.82, 2.24) is 9.97 Å². The van der Waals surface area contributed by atoms with E-state index < -0.39 is 0 Å². The standard InChI is InChI=1S/C25H21N3O/c1-3-4-12-19(16-26-2)25-27-22-15-23(29-17-18-10-6-5-7-11-18)20-13-8-9-14-21(20)24(22)28-25/h1,5-16H,4,17H2,2H3,(H,27,28)/b19-12+,26-16?. The highest BCUT2D eigenvalue weighted by atomic mass is 16.5. The van der Waals surface area contributed by atoms with Crippen LogP contribution in [-0.2, 0) is 6.61 Å². The second-order valence-corrected chi connectivity index (χ2v) is 6.63. The summed E-state index contributed by atoms with van der Waals surface area (Å²) in [5, 5.41) is 2.08. The Hall–Kier alpha value is -3.84. The normalized spacial score (nSPS) is 11.9. The number of fused-ring (bicyclic) bond motifs is 3. The summed E-state index contributed by atoms with van der Waals surface area (Å²) in [6.45, 7) is 0.507. The van der Waals surface area contributed by atoms with Crippen LogP contribution in [0.1, 0.15) is 17.8 Å². The first-order chi connectivity index (χ1) is 14.3. The van der Waals surface area contributed by atoms with Crippen LogP contribution in [0.5, 0.6) is 5.75 Å². The number of benzene rings is 3. The zero-order valence-electron chi connectivity index (χ0n) is 16.2. The average molecular weight is 379 g/mol. The summed E-state index contributed by atoms with van der Waals surface area (Å²) in [6, 6.07) is 20.3. The first kappa shape index (κ1) is 18.5. The van der Waals surface area contributed by atoms with Gasteiger partial charge in [0.05, 0.1) is 11.0 Å². The predicted molar refractivity (Wildman–Crippen MR) is 120 cm³/mol. The zero-order valence-corrected chi connectivity index (χ0v) is 16.2. The van der Waals surface area contributed by atoms with E-state index >= 15 is 0 Å². The number of H-pyrrole nitrogens is 1. The van der Waals surface area contributed by atoms with E-state index in [1.807, 2.05) is 42.5 Å². The monoisotopic (exact) mass is 379 g/mol. The molecule has 0 spiro atoms. The Morgan fingerprint density at radius 1 is 1.14 bits per heavy atom. The van der Waals surface area contributed by atoms with E-state index in [1.165, 1.54) is 0 Å². The number of nitrogens with zero attached hydrogens (tertiary/aromatic N) is 2. The van der Waals surface area contributed by atoms with Gasteiger partial charge in [-0.3, -0.25) is 4.99 Å². The number of aromatic amines is 1. The molecule has 1 N–H and O–H groups in total. The van der Waals surface area contributed by atoms with Crippen LogP contribution >= 0.6 is 0 Å². The molecule has 0 saturated heterocycles. The summed E-state index contributed by atoms with van der Waals surface area (Å²) in [5.41, 5.74) is 3.81. The zero-order chi connectivity index (χ0) is 20.1. The van der Waals surface area contributed by atoms with E-state index in [4.69, 9.17) is 16.1 Å². The third-order valence-corrected chi connectivity index (χ3v) is 4.67. The van der Waals surface area contributed by atoms with Gasteiger partial charge in [0.2, 0.25) is 0 Å². The third kappa shape index (κ3) is 3.90. The van der Waals surface area contributed by atoms with Gasteiger partial charge in [0.1, 0.15) is 18.2 Å². The first-order valence-corrected chi connectivity index (χ1v) is 9.44. The van der Waals surface area contributed by atoms with Crippen molar-refractivity contribution in [2.75, 3.05) is 7.05 Å². The van der Waals surface area contributed by atoms with Crippen LogP contribution in [0.2, 0.25) is 0 Å². The molecule has 29 heavy (non-hydrogen) atoms. The molecule has 4 aromatic rings. The van der Waals surface area contributed by atoms with Gasteiger partial charge in [-0.2, -0.15) is 0 Å². The van der Waals surface area contributed by atoms with Crippen molar-refractivity contribution in [2.24, 2.45) is 4.99 Å². The lowest BCUT2D eigenvalue weighted by atomic mass is 10.1. The lowest BCUT2D eigenvalue weighted by Crippen LogP contribution is -1.96. The Balaban J connectivity index is 1.80. The van der Waals surface area contributed by atoms with Gasteiger partial charge in [0.25, 0.3) is 0 Å². The molecular formula is C25H21N3O. The van der Waals surface area contributed by atoms with Crippen LogP contribution in [0.3, 0.4) is 0 Å². The van der Waals surface area contributed by atoms with Crippen molar-refractivity contribution in [2.45, 2.75) is 13.0 Å². The van der Waals surface area contributed by atoms with E-state index in [-0.39, 0.29) is 0 Å². The van der Waals surface area contributed by atoms with E-state index in [0.717, 1.165) is 44.5 Å². The highest BCUT2D eigenvalue weighted by Gasteiger charge is 2.13. The number of imidazole rings is 1. The second-order valence-electron chi connectivity index (χ2n) is 6.63. The number of allylic oxidation sites excluding steroid dienone is 2. The Bertz CT molecular complexity index is 1240. The van der Waals surface area contributed by atoms with Crippen molar-refractivity contribution in [3.63, 3.8) is 0 Å². The van der Waals surface area contributed by atoms with Crippen LogP contribution in [0.15, 0.2) is 71.7 Å². The molecule has 1 heterocycles. The van der Waals surface area contributed by atoms with Gasteiger partial charge in [-0.15, -0.1) is 12.3 Å². The number of rotatable bonds is 6. The van der Waals surface area contributed by atoms with Gasteiger partial charge in [-0.05, 0) is 5.56 Å². The van der Waals surface area contributed by atoms with Crippen LogP contribution < -0.4 is 4.74 Å². The molecule has 142 valence electrons. The minimum Gasteiger partial charge on any atom is -0.488 e. The highest BCUT2D eigenvalue weighted by molar-refractivity contribution is 6.12. The summed E-state index contributed by atoms with van der Waals surface area (Å²) < 4.78 is 6.18. The maximum Gasteiger partial charge on any atom is 0.139 e. The quantitative estimate of drug-likeness (QED) is 0.360. The van der Waals surface area contributed by atoms with E-state index in [1.54, 1.807) is 13.3 Å². The number of hydrogen-bond acceptors (Lipinski definition) is 3. The summed E-state index contributed by atoms with van der Waals surface area (Å²) >= 11 is 0. The summed E-state index contributed by atoms with van der Waals surface area (Å²) in [6.07, 6.45) is 9.65. The van der Waals surface area contributed by atoms with Crippen molar-refractivity contribution in [3.8, 4) is 18.1 Å². The fraction of sp³-hybridized carbons (Fsp3) is 0.120. The SMILES string of the molecule is C#CC/C=C(\C=NC)c1nc2c(cc(OCc3ccccc3)c3ccccc32)[nH]1. The number of aromatic nitrogens is 2. The molecule has 0 aliphatic carbocycles. The number of aliphatic imine (C=N–C) groups is 1. The number of nitrogens with one attached hydrogen (secondary N) is 1. The molecule has 0 saturated carbocycles. The molecule has 0 aliphatic rings. The molecule has 4 rings (SSSR count). The molecule has 0 bridgehead atoms. The largest absolute Gasteiger partial charge is 0.488 e. The van der Waals surface area contributed by atoms with Gasteiger partial charge in [0.15, 0.2) is 0 Å². The van der Waals surface area contributed by atoms with Crippen LogP contribution in [0.4, 0.5) is 0 Å². The van der Waals surface area contributed by atoms with Gasteiger partial charge in [-0.25, -0.2) is 4.98 Å². The molecule has 0 atom stereocenters. The maximum atomic E-state index is 6.18. The number of ether oxygens (including phenoxy) is 1. The molecule has 1 aromatic heterocycles. The van der Waals surface area contributed by atoms with Gasteiger partial charge >= 0.3 is 0 Å². The van der Waals surface area contributed by atoms with Crippen LogP contribution in [0, 0.1) is 12.3 Å². The summed E-state index contributed by atoms with van der Waals surface area (Å²) in [5.74, 6) is 4.20. The molecule has 0 radical (unpaired) electrons. The molecule has 0 aliphatic heterocycles. The number of terminal acetylenes is 1. The molecule has 0 fully saturated rings. The molecule has 4 nitrogen and oxygen atoms in total.